The first-order valence-corrected chi connectivity index (χ1v) is 21.5. The van der Waals surface area contributed by atoms with Gasteiger partial charge in [0.05, 0.1) is 0 Å². The zero-order chi connectivity index (χ0) is 39.9. The van der Waals surface area contributed by atoms with Gasteiger partial charge in [0.15, 0.2) is 0 Å². The zero-order valence-electron chi connectivity index (χ0n) is 33.2. The van der Waals surface area contributed by atoms with E-state index < -0.39 is 0 Å². The third-order valence-electron chi connectivity index (χ3n) is 14.8. The molecule has 0 atom stereocenters. The summed E-state index contributed by atoms with van der Waals surface area (Å²) >= 11 is 0. The van der Waals surface area contributed by atoms with Crippen LogP contribution in [0.25, 0.3) is 162 Å². The Morgan fingerprint density at radius 3 is 0.855 bits per heavy atom. The molecule has 2 heteroatoms. The van der Waals surface area contributed by atoms with Crippen LogP contribution >= 0.6 is 0 Å². The molecule has 0 N–H and O–H groups in total. The van der Waals surface area contributed by atoms with E-state index in [0.717, 1.165) is 0 Å². The molecule has 14 aromatic carbocycles. The van der Waals surface area contributed by atoms with Crippen molar-refractivity contribution in [3.8, 4) is 22.3 Å². The van der Waals surface area contributed by atoms with Gasteiger partial charge in [-0.15, -0.1) is 0 Å². The van der Waals surface area contributed by atoms with Crippen molar-refractivity contribution in [2.75, 3.05) is 0 Å². The predicted octanol–water partition coefficient (Wildman–Crippen LogP) is 16.6. The average molecular weight is 779 g/mol. The van der Waals surface area contributed by atoms with Gasteiger partial charge in [0.25, 0.3) is 0 Å². The van der Waals surface area contributed by atoms with Crippen LogP contribution in [0.3, 0.4) is 0 Å². The Morgan fingerprint density at radius 2 is 0.500 bits per heavy atom. The molecule has 0 radical (unpaired) electrons. The van der Waals surface area contributed by atoms with Crippen molar-refractivity contribution < 1.29 is 0 Å². The van der Waals surface area contributed by atoms with Crippen molar-refractivity contribution >= 4 is 140 Å². The second-order valence-corrected chi connectivity index (χ2v) is 17.5. The fourth-order valence-electron chi connectivity index (χ4n) is 12.5. The SMILES string of the molecule is c1cc2cccc3c4ccc5c6cc7c(-c8ccncc8)c8c9ccc%10c%11cccc%12cccc(c%13ccc(c8c(-c8ccncc8)c7cc6c6ccc(c(c1)c23)c4c65)c9c%13%10)c%12%11. The molecule has 0 saturated carbocycles. The molecule has 0 spiro atoms. The minimum absolute atomic E-state index is 1.17. The maximum absolute atomic E-state index is 4.53. The zero-order valence-corrected chi connectivity index (χ0v) is 33.2. The van der Waals surface area contributed by atoms with Crippen LogP contribution in [0.4, 0.5) is 0 Å². The molecule has 280 valence electrons. The van der Waals surface area contributed by atoms with E-state index in [2.05, 4.69) is 168 Å². The van der Waals surface area contributed by atoms with Gasteiger partial charge in [0.2, 0.25) is 0 Å². The topological polar surface area (TPSA) is 25.8 Å². The smallest absolute Gasteiger partial charge is 0.0273 e. The quantitative estimate of drug-likeness (QED) is 0.129. The number of pyridine rings is 2. The van der Waals surface area contributed by atoms with Crippen LogP contribution in [0, 0.1) is 0 Å². The second kappa shape index (κ2) is 10.9. The third kappa shape index (κ3) is 3.63. The largest absolute Gasteiger partial charge is 0.265 e. The molecule has 0 saturated heterocycles. The van der Waals surface area contributed by atoms with E-state index in [1.54, 1.807) is 0 Å². The standard InChI is InChI=1S/C60H30N2/c1-5-31-6-2-10-36-40-14-16-44-48-30-50-49(29-47(48)43-15-13-39(55(40)57(43)44)35(9-1)51(31)36)53(33-21-25-61-26-22-33)59-45-19-17-41-37-11-3-7-32-8-4-12-38(52(32)37)42-18-20-46(58(45)56(41)42)60(59)54(50)34-23-27-62-28-24-34/h1-30H. The van der Waals surface area contributed by atoms with Crippen LogP contribution < -0.4 is 0 Å². The molecule has 0 fully saturated rings. The lowest BCUT2D eigenvalue weighted by Gasteiger charge is -2.17. The van der Waals surface area contributed by atoms with Crippen LogP contribution in [0.1, 0.15) is 0 Å². The molecular weight excluding hydrogens is 749 g/mol. The molecule has 0 bridgehead atoms. The second-order valence-electron chi connectivity index (χ2n) is 17.5. The summed E-state index contributed by atoms with van der Waals surface area (Å²) in [5.41, 5.74) is 4.87. The van der Waals surface area contributed by atoms with E-state index in [-0.39, 0.29) is 0 Å². The fourth-order valence-corrected chi connectivity index (χ4v) is 12.5. The Bertz CT molecular complexity index is 4310. The molecule has 2 aromatic heterocycles. The number of hydrogen-bond donors (Lipinski definition) is 0. The van der Waals surface area contributed by atoms with Gasteiger partial charge in [-0.2, -0.15) is 0 Å². The molecule has 0 aliphatic heterocycles. The van der Waals surface area contributed by atoms with Gasteiger partial charge in [0, 0.05) is 24.8 Å². The highest BCUT2D eigenvalue weighted by molar-refractivity contribution is 6.48. The summed E-state index contributed by atoms with van der Waals surface area (Å²) in [5, 5.41) is 34.1. The highest BCUT2D eigenvalue weighted by Gasteiger charge is 2.27. The molecule has 2 heterocycles. The molecule has 2 nitrogen and oxygen atoms in total. The Morgan fingerprint density at radius 1 is 0.210 bits per heavy atom. The van der Waals surface area contributed by atoms with Crippen LogP contribution in [0.5, 0.6) is 0 Å². The van der Waals surface area contributed by atoms with Crippen molar-refractivity contribution in [2.45, 2.75) is 0 Å². The highest BCUT2D eigenvalue weighted by Crippen LogP contribution is 2.56. The Hall–Kier alpha value is -8.20. The number of benzene rings is 12. The first kappa shape index (κ1) is 31.7. The van der Waals surface area contributed by atoms with Crippen LogP contribution in [-0.2, 0) is 0 Å². The van der Waals surface area contributed by atoms with Gasteiger partial charge < -0.3 is 0 Å². The molecule has 0 amide bonds. The number of hydrogen-bond acceptors (Lipinski definition) is 2. The summed E-state index contributed by atoms with van der Waals surface area (Å²) in [7, 11) is 0. The summed E-state index contributed by atoms with van der Waals surface area (Å²) < 4.78 is 0. The van der Waals surface area contributed by atoms with Crippen LogP contribution in [0.15, 0.2) is 183 Å². The van der Waals surface area contributed by atoms with E-state index in [1.165, 1.54) is 162 Å². The summed E-state index contributed by atoms with van der Waals surface area (Å²) in [6.07, 6.45) is 7.79. The maximum Gasteiger partial charge on any atom is 0.0273 e. The van der Waals surface area contributed by atoms with Gasteiger partial charge >= 0.3 is 0 Å². The number of aromatic nitrogens is 2. The monoisotopic (exact) mass is 778 g/mol. The van der Waals surface area contributed by atoms with Gasteiger partial charge in [-0.25, -0.2) is 0 Å². The molecule has 16 rings (SSSR count). The Labute approximate surface area is 353 Å². The summed E-state index contributed by atoms with van der Waals surface area (Å²) in [5.74, 6) is 0. The Kier molecular flexibility index (Phi) is 5.59. The summed E-state index contributed by atoms with van der Waals surface area (Å²) in [6, 6.07) is 60.1. The number of fused-ring (bicyclic) bond motifs is 11. The van der Waals surface area contributed by atoms with Crippen LogP contribution in [0.2, 0.25) is 0 Å². The molecule has 0 aliphatic carbocycles. The maximum atomic E-state index is 4.53. The molecule has 0 unspecified atom stereocenters. The van der Waals surface area contributed by atoms with E-state index in [9.17, 15) is 0 Å². The van der Waals surface area contributed by atoms with Gasteiger partial charge in [0.1, 0.15) is 0 Å². The first-order valence-electron chi connectivity index (χ1n) is 21.5. The van der Waals surface area contributed by atoms with Crippen molar-refractivity contribution in [2.24, 2.45) is 0 Å². The van der Waals surface area contributed by atoms with E-state index in [0.29, 0.717) is 0 Å². The third-order valence-corrected chi connectivity index (χ3v) is 14.8. The summed E-state index contributed by atoms with van der Waals surface area (Å²) in [6.45, 7) is 0. The van der Waals surface area contributed by atoms with Crippen molar-refractivity contribution in [1.29, 1.82) is 0 Å². The minimum atomic E-state index is 1.17. The van der Waals surface area contributed by atoms with E-state index in [4.69, 9.17) is 0 Å². The van der Waals surface area contributed by atoms with Gasteiger partial charge in [-0.3, -0.25) is 9.97 Å². The van der Waals surface area contributed by atoms with Gasteiger partial charge in [-0.05, 0) is 199 Å². The lowest BCUT2D eigenvalue weighted by molar-refractivity contribution is 1.33. The summed E-state index contributed by atoms with van der Waals surface area (Å²) in [4.78, 5) is 9.07. The van der Waals surface area contributed by atoms with Crippen molar-refractivity contribution in [3.05, 3.63) is 183 Å². The van der Waals surface area contributed by atoms with Crippen molar-refractivity contribution in [3.63, 3.8) is 0 Å². The number of nitrogens with zero attached hydrogens (tertiary/aromatic N) is 2. The van der Waals surface area contributed by atoms with E-state index >= 15 is 0 Å². The molecule has 62 heavy (non-hydrogen) atoms. The highest BCUT2D eigenvalue weighted by atomic mass is 14.6. The average Bonchev–Trinajstić information content (AvgIpc) is 3.84. The fraction of sp³-hybridized carbons (Fsp3) is 0. The molecule has 16 aromatic rings. The Balaban J connectivity index is 1.15. The lowest BCUT2D eigenvalue weighted by Crippen LogP contribution is -1.90. The van der Waals surface area contributed by atoms with Crippen LogP contribution in [-0.4, -0.2) is 9.97 Å². The first-order chi connectivity index (χ1) is 30.8. The van der Waals surface area contributed by atoms with Crippen molar-refractivity contribution in [1.82, 2.24) is 9.97 Å². The predicted molar refractivity (Wildman–Crippen MR) is 265 cm³/mol. The molecular formula is C60H30N2. The molecule has 0 aliphatic rings. The van der Waals surface area contributed by atoms with E-state index in [1.807, 2.05) is 24.8 Å². The minimum Gasteiger partial charge on any atom is -0.265 e. The number of rotatable bonds is 2. The normalized spacial score (nSPS) is 12.8. The van der Waals surface area contributed by atoms with Gasteiger partial charge in [-0.1, -0.05) is 121 Å². The lowest BCUT2D eigenvalue weighted by atomic mass is 9.86.